The molecule has 0 aromatic heterocycles. The number of unbranched alkanes of at least 4 members (excludes halogenated alkanes) is 4. The third-order valence-corrected chi connectivity index (χ3v) is 3.66. The minimum absolute atomic E-state index is 0.339. The molecular formula is C14H27NO. The Morgan fingerprint density at radius 1 is 1.19 bits per heavy atom. The number of rotatable bonds is 8. The number of likely N-dealkylation sites (tertiary alicyclic amines) is 1. The molecule has 1 aliphatic rings. The molecule has 0 radical (unpaired) electrons. The van der Waals surface area contributed by atoms with E-state index in [2.05, 4.69) is 11.8 Å². The highest BCUT2D eigenvalue weighted by Gasteiger charge is 2.18. The van der Waals surface area contributed by atoms with Crippen LogP contribution in [0.15, 0.2) is 0 Å². The lowest BCUT2D eigenvalue weighted by atomic mass is 10.1. The first-order valence-corrected chi connectivity index (χ1v) is 6.93. The first-order valence-electron chi connectivity index (χ1n) is 6.93. The molecular weight excluding hydrogens is 198 g/mol. The molecule has 1 unspecified atom stereocenters. The molecule has 2 heteroatoms. The Balaban J connectivity index is 1.86. The molecule has 0 saturated carbocycles. The molecule has 0 aliphatic carbocycles. The molecule has 1 rings (SSSR count). The van der Waals surface area contributed by atoms with Gasteiger partial charge >= 0.3 is 0 Å². The minimum atomic E-state index is 0.339. The zero-order chi connectivity index (χ0) is 11.8. The van der Waals surface area contributed by atoms with E-state index in [1.54, 1.807) is 6.92 Å². The van der Waals surface area contributed by atoms with Gasteiger partial charge in [0.15, 0.2) is 0 Å². The number of ketones is 1. The minimum Gasteiger partial charge on any atom is -0.301 e. The molecule has 0 aromatic rings. The van der Waals surface area contributed by atoms with Gasteiger partial charge < -0.3 is 9.69 Å². The molecule has 1 aliphatic heterocycles. The first-order chi connectivity index (χ1) is 7.70. The lowest BCUT2D eigenvalue weighted by molar-refractivity contribution is -0.117. The van der Waals surface area contributed by atoms with Gasteiger partial charge in [-0.1, -0.05) is 19.3 Å². The van der Waals surface area contributed by atoms with Gasteiger partial charge in [0.2, 0.25) is 0 Å². The highest BCUT2D eigenvalue weighted by molar-refractivity contribution is 5.75. The normalized spacial score (nSPS) is 21.5. The third kappa shape index (κ3) is 5.64. The summed E-state index contributed by atoms with van der Waals surface area (Å²) in [5.41, 5.74) is 0. The maximum absolute atomic E-state index is 10.7. The first kappa shape index (κ1) is 13.7. The van der Waals surface area contributed by atoms with Crippen molar-refractivity contribution in [2.24, 2.45) is 0 Å². The van der Waals surface area contributed by atoms with E-state index >= 15 is 0 Å². The van der Waals surface area contributed by atoms with Crippen LogP contribution in [0.4, 0.5) is 0 Å². The van der Waals surface area contributed by atoms with E-state index < -0.39 is 0 Å². The molecule has 1 fully saturated rings. The number of Topliss-reactive ketones (excluding diaryl/α,β-unsaturated/α-hetero) is 1. The van der Waals surface area contributed by atoms with Crippen LogP contribution < -0.4 is 0 Å². The average molecular weight is 225 g/mol. The van der Waals surface area contributed by atoms with Crippen LogP contribution in [0.5, 0.6) is 0 Å². The molecule has 0 amide bonds. The van der Waals surface area contributed by atoms with Crippen molar-refractivity contribution in [1.82, 2.24) is 4.90 Å². The molecule has 94 valence electrons. The van der Waals surface area contributed by atoms with Crippen molar-refractivity contribution in [3.63, 3.8) is 0 Å². The maximum atomic E-state index is 10.7. The summed E-state index contributed by atoms with van der Waals surface area (Å²) < 4.78 is 0. The molecule has 16 heavy (non-hydrogen) atoms. The number of hydrogen-bond donors (Lipinski definition) is 0. The third-order valence-electron chi connectivity index (χ3n) is 3.66. The Morgan fingerprint density at radius 3 is 2.50 bits per heavy atom. The zero-order valence-electron chi connectivity index (χ0n) is 11.0. The summed E-state index contributed by atoms with van der Waals surface area (Å²) in [4.78, 5) is 13.4. The second-order valence-electron chi connectivity index (χ2n) is 5.25. The zero-order valence-corrected chi connectivity index (χ0v) is 11.0. The summed E-state index contributed by atoms with van der Waals surface area (Å²) in [6.45, 7) is 6.63. The van der Waals surface area contributed by atoms with E-state index in [4.69, 9.17) is 0 Å². The largest absolute Gasteiger partial charge is 0.301 e. The van der Waals surface area contributed by atoms with Crippen molar-refractivity contribution in [2.75, 3.05) is 13.1 Å². The average Bonchev–Trinajstić information content (AvgIpc) is 2.62. The standard InChI is InChI=1S/C14H27NO/c1-13-9-8-12-15(13)11-7-5-3-4-6-10-14(2)16/h13H,3-12H2,1-2H3. The molecule has 0 N–H and O–H groups in total. The summed E-state index contributed by atoms with van der Waals surface area (Å²) in [5, 5.41) is 0. The van der Waals surface area contributed by atoms with Gasteiger partial charge in [0.25, 0.3) is 0 Å². The van der Waals surface area contributed by atoms with Gasteiger partial charge in [0.1, 0.15) is 5.78 Å². The van der Waals surface area contributed by atoms with Gasteiger partial charge in [-0.25, -0.2) is 0 Å². The van der Waals surface area contributed by atoms with E-state index in [9.17, 15) is 4.79 Å². The van der Waals surface area contributed by atoms with Crippen molar-refractivity contribution in [3.05, 3.63) is 0 Å². The van der Waals surface area contributed by atoms with Gasteiger partial charge in [-0.15, -0.1) is 0 Å². The summed E-state index contributed by atoms with van der Waals surface area (Å²) in [6, 6.07) is 0.817. The lowest BCUT2D eigenvalue weighted by Crippen LogP contribution is -2.27. The predicted octanol–water partition coefficient (Wildman–Crippen LogP) is 3.40. The van der Waals surface area contributed by atoms with Crippen LogP contribution in [-0.4, -0.2) is 29.8 Å². The number of nitrogens with zero attached hydrogens (tertiary/aromatic N) is 1. The molecule has 0 bridgehead atoms. The molecule has 1 saturated heterocycles. The lowest BCUT2D eigenvalue weighted by Gasteiger charge is -2.20. The van der Waals surface area contributed by atoms with Gasteiger partial charge in [0.05, 0.1) is 0 Å². The highest BCUT2D eigenvalue weighted by Crippen LogP contribution is 2.17. The van der Waals surface area contributed by atoms with Crippen LogP contribution in [0.1, 0.15) is 65.2 Å². The van der Waals surface area contributed by atoms with Crippen LogP contribution in [0.3, 0.4) is 0 Å². The summed E-state index contributed by atoms with van der Waals surface area (Å²) >= 11 is 0. The Morgan fingerprint density at radius 2 is 1.88 bits per heavy atom. The van der Waals surface area contributed by atoms with E-state index in [0.29, 0.717) is 5.78 Å². The SMILES string of the molecule is CC(=O)CCCCCCCN1CCCC1C. The van der Waals surface area contributed by atoms with Gasteiger partial charge in [-0.05, 0) is 52.6 Å². The van der Waals surface area contributed by atoms with E-state index in [1.807, 2.05) is 0 Å². The van der Waals surface area contributed by atoms with Crippen LogP contribution in [-0.2, 0) is 4.79 Å². The second kappa shape index (κ2) is 7.83. The number of carbonyl (C=O) groups excluding carboxylic acids is 1. The van der Waals surface area contributed by atoms with Gasteiger partial charge in [0, 0.05) is 12.5 Å². The van der Waals surface area contributed by atoms with Crippen molar-refractivity contribution in [3.8, 4) is 0 Å². The molecule has 0 spiro atoms. The fraction of sp³-hybridized carbons (Fsp3) is 0.929. The predicted molar refractivity (Wildman–Crippen MR) is 68.7 cm³/mol. The monoisotopic (exact) mass is 225 g/mol. The summed E-state index contributed by atoms with van der Waals surface area (Å²) in [6.07, 6.45) is 9.85. The Bertz CT molecular complexity index is 203. The maximum Gasteiger partial charge on any atom is 0.129 e. The molecule has 1 atom stereocenters. The van der Waals surface area contributed by atoms with Crippen LogP contribution in [0.25, 0.3) is 0 Å². The van der Waals surface area contributed by atoms with Crippen LogP contribution in [0, 0.1) is 0 Å². The van der Waals surface area contributed by atoms with E-state index in [-0.39, 0.29) is 0 Å². The number of carbonyl (C=O) groups is 1. The fourth-order valence-electron chi connectivity index (χ4n) is 2.54. The summed E-state index contributed by atoms with van der Waals surface area (Å²) in [5.74, 6) is 0.339. The Kier molecular flexibility index (Phi) is 6.70. The molecule has 2 nitrogen and oxygen atoms in total. The smallest absolute Gasteiger partial charge is 0.129 e. The fourth-order valence-corrected chi connectivity index (χ4v) is 2.54. The molecule has 0 aromatic carbocycles. The van der Waals surface area contributed by atoms with E-state index in [1.165, 1.54) is 51.6 Å². The highest BCUT2D eigenvalue weighted by atomic mass is 16.1. The topological polar surface area (TPSA) is 20.3 Å². The van der Waals surface area contributed by atoms with Crippen molar-refractivity contribution >= 4 is 5.78 Å². The molecule has 1 heterocycles. The summed E-state index contributed by atoms with van der Waals surface area (Å²) in [7, 11) is 0. The number of hydrogen-bond acceptors (Lipinski definition) is 2. The Hall–Kier alpha value is -0.370. The second-order valence-corrected chi connectivity index (χ2v) is 5.25. The van der Waals surface area contributed by atoms with Crippen molar-refractivity contribution in [2.45, 2.75) is 71.3 Å². The Labute approximate surface area is 100 Å². The quantitative estimate of drug-likeness (QED) is 0.590. The van der Waals surface area contributed by atoms with E-state index in [0.717, 1.165) is 18.9 Å². The van der Waals surface area contributed by atoms with Gasteiger partial charge in [-0.2, -0.15) is 0 Å². The van der Waals surface area contributed by atoms with Crippen LogP contribution >= 0.6 is 0 Å². The van der Waals surface area contributed by atoms with Crippen molar-refractivity contribution in [1.29, 1.82) is 0 Å². The van der Waals surface area contributed by atoms with Gasteiger partial charge in [-0.3, -0.25) is 0 Å². The van der Waals surface area contributed by atoms with Crippen LogP contribution in [0.2, 0.25) is 0 Å². The van der Waals surface area contributed by atoms with Crippen molar-refractivity contribution < 1.29 is 4.79 Å².